The molecule has 34 heavy (non-hydrogen) atoms. The maximum Gasteiger partial charge on any atom is 0.267 e. The van der Waals surface area contributed by atoms with Crippen LogP contribution in [-0.4, -0.2) is 32.0 Å². The number of hydrogen-bond acceptors (Lipinski definition) is 5. The smallest absolute Gasteiger partial charge is 0.267 e. The maximum atomic E-state index is 12.5. The average Bonchev–Trinajstić information content (AvgIpc) is 2.84. The Balaban J connectivity index is 1.42. The molecular formula is C26H25N5O3. The highest BCUT2D eigenvalue weighted by atomic mass is 16.2. The number of aryl methyl sites for hydroxylation is 2. The second-order valence-corrected chi connectivity index (χ2v) is 8.03. The minimum absolute atomic E-state index is 0.190. The van der Waals surface area contributed by atoms with Crippen LogP contribution in [0.2, 0.25) is 0 Å². The van der Waals surface area contributed by atoms with Gasteiger partial charge in [-0.1, -0.05) is 48.0 Å². The van der Waals surface area contributed by atoms with Gasteiger partial charge in [0.1, 0.15) is 6.54 Å². The second-order valence-electron chi connectivity index (χ2n) is 8.03. The lowest BCUT2D eigenvalue weighted by Crippen LogP contribution is -2.36. The maximum absolute atomic E-state index is 12.5. The minimum atomic E-state index is -0.375. The Bertz CT molecular complexity index is 1440. The van der Waals surface area contributed by atoms with Gasteiger partial charge < -0.3 is 5.32 Å². The summed E-state index contributed by atoms with van der Waals surface area (Å²) in [5.41, 5.74) is 4.60. The zero-order valence-electron chi connectivity index (χ0n) is 19.1. The van der Waals surface area contributed by atoms with Gasteiger partial charge in [0, 0.05) is 29.8 Å². The molecule has 0 aliphatic carbocycles. The van der Waals surface area contributed by atoms with Crippen LogP contribution in [0.15, 0.2) is 82.4 Å². The van der Waals surface area contributed by atoms with Crippen molar-refractivity contribution < 1.29 is 4.79 Å². The molecule has 0 saturated carbocycles. The standard InChI is InChI=1S/C26H25N5O3/c1-18-8-9-19(2)21(16-18)23-11-13-26(34)31(29-23)17-24(32)27-14-15-30-25(33)12-10-22(28-30)20-6-4-3-5-7-20/h3-13,16H,14-15,17H2,1-2H3,(H,27,32). The van der Waals surface area contributed by atoms with E-state index in [2.05, 4.69) is 15.5 Å². The van der Waals surface area contributed by atoms with Crippen molar-refractivity contribution in [3.05, 3.63) is 105 Å². The lowest BCUT2D eigenvalue weighted by atomic mass is 10.0. The number of hydrogen-bond donors (Lipinski definition) is 1. The molecule has 0 aliphatic rings. The first-order valence-electron chi connectivity index (χ1n) is 11.0. The van der Waals surface area contributed by atoms with Gasteiger partial charge in [0.2, 0.25) is 5.91 Å². The molecule has 4 rings (SSSR count). The first kappa shape index (κ1) is 22.8. The molecule has 1 N–H and O–H groups in total. The van der Waals surface area contributed by atoms with Crippen LogP contribution >= 0.6 is 0 Å². The molecule has 2 aromatic heterocycles. The third-order valence-corrected chi connectivity index (χ3v) is 5.41. The van der Waals surface area contributed by atoms with Crippen molar-refractivity contribution >= 4 is 5.91 Å². The van der Waals surface area contributed by atoms with E-state index in [4.69, 9.17) is 0 Å². The molecule has 1 amide bonds. The fourth-order valence-corrected chi connectivity index (χ4v) is 3.58. The predicted molar refractivity (Wildman–Crippen MR) is 130 cm³/mol. The molecule has 0 atom stereocenters. The predicted octanol–water partition coefficient (Wildman–Crippen LogP) is 2.57. The molecule has 4 aromatic rings. The van der Waals surface area contributed by atoms with Gasteiger partial charge in [0.25, 0.3) is 11.1 Å². The second kappa shape index (κ2) is 10.1. The van der Waals surface area contributed by atoms with Crippen LogP contribution in [0.5, 0.6) is 0 Å². The van der Waals surface area contributed by atoms with Gasteiger partial charge in [-0.05, 0) is 37.6 Å². The molecule has 0 aliphatic heterocycles. The number of aromatic nitrogens is 4. The van der Waals surface area contributed by atoms with Crippen LogP contribution in [-0.2, 0) is 17.9 Å². The minimum Gasteiger partial charge on any atom is -0.353 e. The zero-order chi connectivity index (χ0) is 24.1. The number of amides is 1. The van der Waals surface area contributed by atoms with Crippen LogP contribution in [0.25, 0.3) is 22.5 Å². The van der Waals surface area contributed by atoms with E-state index in [-0.39, 0.29) is 36.7 Å². The molecule has 0 saturated heterocycles. The van der Waals surface area contributed by atoms with Crippen LogP contribution in [0.4, 0.5) is 0 Å². The molecular weight excluding hydrogens is 430 g/mol. The van der Waals surface area contributed by atoms with E-state index in [1.165, 1.54) is 16.8 Å². The molecule has 0 fully saturated rings. The summed E-state index contributed by atoms with van der Waals surface area (Å²) in [6.07, 6.45) is 0. The molecule has 0 unspecified atom stereocenters. The summed E-state index contributed by atoms with van der Waals surface area (Å²) in [6.45, 7) is 4.14. The van der Waals surface area contributed by atoms with E-state index in [0.717, 1.165) is 26.9 Å². The van der Waals surface area contributed by atoms with Gasteiger partial charge in [-0.3, -0.25) is 14.4 Å². The summed E-state index contributed by atoms with van der Waals surface area (Å²) >= 11 is 0. The number of nitrogens with zero attached hydrogens (tertiary/aromatic N) is 4. The molecule has 172 valence electrons. The summed E-state index contributed by atoms with van der Waals surface area (Å²) in [6, 6.07) is 21.8. The molecule has 8 heteroatoms. The average molecular weight is 456 g/mol. The number of benzene rings is 2. The van der Waals surface area contributed by atoms with Crippen molar-refractivity contribution in [1.82, 2.24) is 24.9 Å². The Morgan fingerprint density at radius 3 is 2.26 bits per heavy atom. The Kier molecular flexibility index (Phi) is 6.77. The summed E-state index contributed by atoms with van der Waals surface area (Å²) < 4.78 is 2.46. The topological polar surface area (TPSA) is 98.9 Å². The van der Waals surface area contributed by atoms with Crippen LogP contribution < -0.4 is 16.4 Å². The van der Waals surface area contributed by atoms with Gasteiger partial charge in [-0.15, -0.1) is 0 Å². The first-order chi connectivity index (χ1) is 16.4. The van der Waals surface area contributed by atoms with Gasteiger partial charge in [-0.25, -0.2) is 9.36 Å². The van der Waals surface area contributed by atoms with E-state index in [9.17, 15) is 14.4 Å². The molecule has 2 heterocycles. The summed E-state index contributed by atoms with van der Waals surface area (Å²) in [5.74, 6) is -0.375. The van der Waals surface area contributed by atoms with Crippen molar-refractivity contribution in [1.29, 1.82) is 0 Å². The van der Waals surface area contributed by atoms with Crippen LogP contribution in [0.1, 0.15) is 11.1 Å². The normalized spacial score (nSPS) is 10.8. The van der Waals surface area contributed by atoms with Gasteiger partial charge >= 0.3 is 0 Å². The highest BCUT2D eigenvalue weighted by molar-refractivity contribution is 5.75. The number of carbonyl (C=O) groups excluding carboxylic acids is 1. The molecule has 0 bridgehead atoms. The van der Waals surface area contributed by atoms with Crippen LogP contribution in [0, 0.1) is 13.8 Å². The quantitative estimate of drug-likeness (QED) is 0.462. The summed E-state index contributed by atoms with van der Waals surface area (Å²) in [4.78, 5) is 36.9. The van der Waals surface area contributed by atoms with Gasteiger partial charge in [0.05, 0.1) is 17.9 Å². The fourth-order valence-electron chi connectivity index (χ4n) is 3.58. The molecule has 2 aromatic carbocycles. The number of rotatable bonds is 7. The third kappa shape index (κ3) is 5.35. The molecule has 8 nitrogen and oxygen atoms in total. The van der Waals surface area contributed by atoms with Crippen molar-refractivity contribution in [3.8, 4) is 22.5 Å². The SMILES string of the molecule is Cc1ccc(C)c(-c2ccc(=O)n(CC(=O)NCCn3nc(-c4ccccc4)ccc3=O)n2)c1. The van der Waals surface area contributed by atoms with Crippen LogP contribution in [0.3, 0.4) is 0 Å². The van der Waals surface area contributed by atoms with E-state index in [0.29, 0.717) is 11.4 Å². The Morgan fingerprint density at radius 2 is 1.50 bits per heavy atom. The van der Waals surface area contributed by atoms with E-state index < -0.39 is 0 Å². The number of nitrogens with one attached hydrogen (secondary N) is 1. The highest BCUT2D eigenvalue weighted by Crippen LogP contribution is 2.21. The zero-order valence-corrected chi connectivity index (χ0v) is 19.1. The largest absolute Gasteiger partial charge is 0.353 e. The fraction of sp³-hybridized carbons (Fsp3) is 0.192. The lowest BCUT2D eigenvalue weighted by Gasteiger charge is -2.11. The number of carbonyl (C=O) groups is 1. The monoisotopic (exact) mass is 455 g/mol. The Morgan fingerprint density at radius 1 is 0.824 bits per heavy atom. The summed E-state index contributed by atoms with van der Waals surface area (Å²) in [5, 5.41) is 11.5. The van der Waals surface area contributed by atoms with Gasteiger partial charge in [0.15, 0.2) is 0 Å². The Labute approximate surface area is 196 Å². The van der Waals surface area contributed by atoms with Crippen molar-refractivity contribution in [3.63, 3.8) is 0 Å². The third-order valence-electron chi connectivity index (χ3n) is 5.41. The highest BCUT2D eigenvalue weighted by Gasteiger charge is 2.10. The van der Waals surface area contributed by atoms with E-state index in [1.54, 1.807) is 12.1 Å². The van der Waals surface area contributed by atoms with E-state index in [1.807, 2.05) is 62.4 Å². The van der Waals surface area contributed by atoms with Crippen molar-refractivity contribution in [2.24, 2.45) is 0 Å². The first-order valence-corrected chi connectivity index (χ1v) is 11.0. The van der Waals surface area contributed by atoms with E-state index >= 15 is 0 Å². The van der Waals surface area contributed by atoms with Crippen molar-refractivity contribution in [2.75, 3.05) is 6.54 Å². The molecule has 0 radical (unpaired) electrons. The summed E-state index contributed by atoms with van der Waals surface area (Å²) in [7, 11) is 0. The molecule has 0 spiro atoms. The Hall–Kier alpha value is -4.33. The van der Waals surface area contributed by atoms with Crippen molar-refractivity contribution in [2.45, 2.75) is 26.9 Å². The van der Waals surface area contributed by atoms with Gasteiger partial charge in [-0.2, -0.15) is 10.2 Å². The lowest BCUT2D eigenvalue weighted by molar-refractivity contribution is -0.121.